The maximum absolute atomic E-state index is 5.78. The highest BCUT2D eigenvalue weighted by atomic mass is 16.5. The number of aromatic amines is 1. The van der Waals surface area contributed by atoms with Gasteiger partial charge in [-0.15, -0.1) is 0 Å². The number of nitrogens with zero attached hydrogens (tertiary/aromatic N) is 2. The van der Waals surface area contributed by atoms with Gasteiger partial charge in [0.1, 0.15) is 11.4 Å². The van der Waals surface area contributed by atoms with Gasteiger partial charge in [-0.3, -0.25) is 4.98 Å². The molecule has 0 amide bonds. The summed E-state index contributed by atoms with van der Waals surface area (Å²) in [6, 6.07) is 14.2. The highest BCUT2D eigenvalue weighted by molar-refractivity contribution is 5.97. The molecule has 1 aromatic carbocycles. The summed E-state index contributed by atoms with van der Waals surface area (Å²) in [5, 5.41) is 1.07. The van der Waals surface area contributed by atoms with E-state index < -0.39 is 0 Å². The summed E-state index contributed by atoms with van der Waals surface area (Å²) in [6.45, 7) is 2.63. The maximum Gasteiger partial charge on any atom is 0.137 e. The van der Waals surface area contributed by atoms with Crippen molar-refractivity contribution in [1.29, 1.82) is 0 Å². The molecule has 1 N–H and O–H groups in total. The molecule has 0 radical (unpaired) electrons. The zero-order chi connectivity index (χ0) is 16.4. The SMILES string of the molecule is CCOc1ccccc1-c1c[nH]c2ncc(-c3cccnc3)cc12. The van der Waals surface area contributed by atoms with E-state index in [0.717, 1.165) is 39.0 Å². The van der Waals surface area contributed by atoms with E-state index in [1.807, 2.05) is 55.8 Å². The van der Waals surface area contributed by atoms with Gasteiger partial charge in [-0.2, -0.15) is 0 Å². The molecular formula is C20H17N3O. The second-order valence-electron chi connectivity index (χ2n) is 5.49. The van der Waals surface area contributed by atoms with E-state index in [4.69, 9.17) is 4.74 Å². The first-order valence-corrected chi connectivity index (χ1v) is 7.96. The molecule has 4 rings (SSSR count). The number of para-hydroxylation sites is 1. The molecule has 0 unspecified atom stereocenters. The lowest BCUT2D eigenvalue weighted by atomic mass is 10.0. The van der Waals surface area contributed by atoms with Gasteiger partial charge in [0.2, 0.25) is 0 Å². The van der Waals surface area contributed by atoms with Crippen molar-refractivity contribution in [1.82, 2.24) is 15.0 Å². The molecule has 0 spiro atoms. The van der Waals surface area contributed by atoms with Crippen LogP contribution < -0.4 is 4.74 Å². The molecule has 3 aromatic heterocycles. The number of fused-ring (bicyclic) bond motifs is 1. The Labute approximate surface area is 140 Å². The van der Waals surface area contributed by atoms with Crippen LogP contribution in [0, 0.1) is 0 Å². The second kappa shape index (κ2) is 6.16. The van der Waals surface area contributed by atoms with Crippen LogP contribution in [-0.4, -0.2) is 21.6 Å². The van der Waals surface area contributed by atoms with Crippen LogP contribution in [0.15, 0.2) is 67.3 Å². The van der Waals surface area contributed by atoms with Gasteiger partial charge in [-0.1, -0.05) is 24.3 Å². The van der Waals surface area contributed by atoms with Gasteiger partial charge in [-0.25, -0.2) is 4.98 Å². The Morgan fingerprint density at radius 2 is 1.92 bits per heavy atom. The zero-order valence-corrected chi connectivity index (χ0v) is 13.4. The Morgan fingerprint density at radius 1 is 1.00 bits per heavy atom. The van der Waals surface area contributed by atoms with E-state index in [0.29, 0.717) is 6.61 Å². The summed E-state index contributed by atoms with van der Waals surface area (Å²) in [5.74, 6) is 0.882. The summed E-state index contributed by atoms with van der Waals surface area (Å²) in [7, 11) is 0. The number of H-pyrrole nitrogens is 1. The first kappa shape index (κ1) is 14.5. The number of pyridine rings is 2. The van der Waals surface area contributed by atoms with E-state index in [1.54, 1.807) is 6.20 Å². The molecule has 0 fully saturated rings. The summed E-state index contributed by atoms with van der Waals surface area (Å²) >= 11 is 0. The van der Waals surface area contributed by atoms with Gasteiger partial charge in [0, 0.05) is 52.4 Å². The van der Waals surface area contributed by atoms with Crippen LogP contribution in [0.5, 0.6) is 5.75 Å². The third kappa shape index (κ3) is 2.52. The average Bonchev–Trinajstić information content (AvgIpc) is 3.06. The Kier molecular flexibility index (Phi) is 3.71. The summed E-state index contributed by atoms with van der Waals surface area (Å²) in [6.07, 6.45) is 7.48. The van der Waals surface area contributed by atoms with Crippen molar-refractivity contribution in [3.63, 3.8) is 0 Å². The van der Waals surface area contributed by atoms with Gasteiger partial charge in [0.05, 0.1) is 6.61 Å². The van der Waals surface area contributed by atoms with Gasteiger partial charge >= 0.3 is 0 Å². The first-order chi connectivity index (χ1) is 11.9. The maximum atomic E-state index is 5.78. The number of benzene rings is 1. The Hall–Kier alpha value is -3.14. The van der Waals surface area contributed by atoms with Crippen molar-refractivity contribution in [3.8, 4) is 28.0 Å². The van der Waals surface area contributed by atoms with Gasteiger partial charge in [0.25, 0.3) is 0 Å². The number of ether oxygens (including phenoxy) is 1. The van der Waals surface area contributed by atoms with Gasteiger partial charge in [0.15, 0.2) is 0 Å². The smallest absolute Gasteiger partial charge is 0.137 e. The number of hydrogen-bond acceptors (Lipinski definition) is 3. The average molecular weight is 315 g/mol. The molecule has 0 atom stereocenters. The van der Waals surface area contributed by atoms with Crippen molar-refractivity contribution in [2.45, 2.75) is 6.92 Å². The van der Waals surface area contributed by atoms with Crippen molar-refractivity contribution in [2.24, 2.45) is 0 Å². The lowest BCUT2D eigenvalue weighted by Gasteiger charge is -2.09. The fourth-order valence-corrected chi connectivity index (χ4v) is 2.89. The predicted octanol–water partition coefficient (Wildman–Crippen LogP) is 4.69. The molecule has 0 aliphatic carbocycles. The van der Waals surface area contributed by atoms with E-state index in [-0.39, 0.29) is 0 Å². The van der Waals surface area contributed by atoms with Crippen molar-refractivity contribution in [2.75, 3.05) is 6.61 Å². The van der Waals surface area contributed by atoms with Gasteiger partial charge < -0.3 is 9.72 Å². The number of rotatable bonds is 4. The molecule has 4 aromatic rings. The van der Waals surface area contributed by atoms with E-state index in [2.05, 4.69) is 27.1 Å². The highest BCUT2D eigenvalue weighted by Crippen LogP contribution is 2.35. The van der Waals surface area contributed by atoms with Crippen molar-refractivity contribution < 1.29 is 4.74 Å². The van der Waals surface area contributed by atoms with Gasteiger partial charge in [-0.05, 0) is 25.1 Å². The summed E-state index contributed by atoms with van der Waals surface area (Å²) in [4.78, 5) is 12.0. The molecule has 4 heteroatoms. The van der Waals surface area contributed by atoms with Crippen LogP contribution in [0.2, 0.25) is 0 Å². The topological polar surface area (TPSA) is 50.8 Å². The molecular weight excluding hydrogens is 298 g/mol. The molecule has 0 aliphatic heterocycles. The molecule has 0 bridgehead atoms. The highest BCUT2D eigenvalue weighted by Gasteiger charge is 2.12. The minimum absolute atomic E-state index is 0.637. The number of nitrogens with one attached hydrogen (secondary N) is 1. The summed E-state index contributed by atoms with van der Waals surface area (Å²) < 4.78 is 5.78. The van der Waals surface area contributed by atoms with Crippen LogP contribution in [0.3, 0.4) is 0 Å². The standard InChI is InChI=1S/C20H17N3O/c1-2-24-19-8-4-3-7-16(19)18-13-23-20-17(18)10-15(12-22-20)14-6-5-9-21-11-14/h3-13H,2H2,1H3,(H,22,23). The Balaban J connectivity index is 1.88. The minimum atomic E-state index is 0.637. The number of aromatic nitrogens is 3. The molecule has 0 aliphatic rings. The van der Waals surface area contributed by atoms with E-state index in [1.165, 1.54) is 0 Å². The number of hydrogen-bond donors (Lipinski definition) is 1. The van der Waals surface area contributed by atoms with Crippen LogP contribution in [0.1, 0.15) is 6.92 Å². The Morgan fingerprint density at radius 3 is 2.75 bits per heavy atom. The Bertz CT molecular complexity index is 977. The second-order valence-corrected chi connectivity index (χ2v) is 5.49. The molecule has 0 saturated heterocycles. The molecule has 4 nitrogen and oxygen atoms in total. The minimum Gasteiger partial charge on any atom is -0.493 e. The lowest BCUT2D eigenvalue weighted by molar-refractivity contribution is 0.341. The van der Waals surface area contributed by atoms with E-state index in [9.17, 15) is 0 Å². The third-order valence-corrected chi connectivity index (χ3v) is 4.00. The summed E-state index contributed by atoms with van der Waals surface area (Å²) in [5.41, 5.74) is 5.12. The lowest BCUT2D eigenvalue weighted by Crippen LogP contribution is -1.93. The van der Waals surface area contributed by atoms with Crippen molar-refractivity contribution in [3.05, 3.63) is 67.3 Å². The zero-order valence-electron chi connectivity index (χ0n) is 13.4. The molecule has 0 saturated carbocycles. The van der Waals surface area contributed by atoms with E-state index >= 15 is 0 Å². The van der Waals surface area contributed by atoms with Crippen LogP contribution in [0.25, 0.3) is 33.3 Å². The predicted molar refractivity (Wildman–Crippen MR) is 95.9 cm³/mol. The third-order valence-electron chi connectivity index (χ3n) is 4.00. The first-order valence-electron chi connectivity index (χ1n) is 7.96. The molecule has 24 heavy (non-hydrogen) atoms. The normalized spacial score (nSPS) is 10.9. The monoisotopic (exact) mass is 315 g/mol. The van der Waals surface area contributed by atoms with Crippen molar-refractivity contribution >= 4 is 11.0 Å². The van der Waals surface area contributed by atoms with Crippen LogP contribution in [0.4, 0.5) is 0 Å². The molecule has 3 heterocycles. The fourth-order valence-electron chi connectivity index (χ4n) is 2.89. The molecule has 118 valence electrons. The largest absolute Gasteiger partial charge is 0.493 e. The van der Waals surface area contributed by atoms with Crippen LogP contribution in [-0.2, 0) is 0 Å². The quantitative estimate of drug-likeness (QED) is 0.594. The fraction of sp³-hybridized carbons (Fsp3) is 0.100. The van der Waals surface area contributed by atoms with Crippen LogP contribution >= 0.6 is 0 Å².